The van der Waals surface area contributed by atoms with E-state index < -0.39 is 6.10 Å². The van der Waals surface area contributed by atoms with Gasteiger partial charge in [0.1, 0.15) is 19.2 Å². The van der Waals surface area contributed by atoms with Crippen LogP contribution in [0, 0.1) is 6.92 Å². The van der Waals surface area contributed by atoms with Crippen LogP contribution in [-0.2, 0) is 17.8 Å². The number of methoxy groups -OCH3 is 1. The summed E-state index contributed by atoms with van der Waals surface area (Å²) in [5.41, 5.74) is 4.06. The van der Waals surface area contributed by atoms with Crippen molar-refractivity contribution in [3.05, 3.63) is 59.4 Å². The van der Waals surface area contributed by atoms with Crippen LogP contribution in [0.2, 0.25) is 0 Å². The molecule has 4 heteroatoms. The zero-order valence-electron chi connectivity index (χ0n) is 16.9. The molecule has 1 saturated carbocycles. The van der Waals surface area contributed by atoms with E-state index in [4.69, 9.17) is 4.74 Å². The van der Waals surface area contributed by atoms with E-state index in [1.807, 2.05) is 0 Å². The van der Waals surface area contributed by atoms with Crippen molar-refractivity contribution >= 4 is 0 Å². The van der Waals surface area contributed by atoms with Crippen molar-refractivity contribution in [2.45, 2.75) is 64.3 Å². The second kappa shape index (κ2) is 10.1. The Morgan fingerprint density at radius 3 is 2.67 bits per heavy atom. The van der Waals surface area contributed by atoms with Gasteiger partial charge in [0.05, 0.1) is 18.3 Å². The molecule has 0 saturated heterocycles. The van der Waals surface area contributed by atoms with Crippen molar-refractivity contribution in [3.8, 4) is 0 Å². The van der Waals surface area contributed by atoms with Crippen LogP contribution in [0.3, 0.4) is 0 Å². The maximum atomic E-state index is 10.4. The molecule has 2 aromatic rings. The molecule has 1 aromatic carbocycles. The van der Waals surface area contributed by atoms with Crippen LogP contribution in [0.5, 0.6) is 0 Å². The highest BCUT2D eigenvalue weighted by Crippen LogP contribution is 2.16. The standard InChI is InChI=1S/C23H34N2O2/c1-19-9-6-7-10-20(19)15-24-14-8-13-22(24)16-25(17-23(26)18-27-2)21-11-4-3-5-12-21/h6-10,13-14,21,23,26H,3-5,11-12,15-18H2,1-2H3/p+1/t23-/m0/s1. The predicted molar refractivity (Wildman–Crippen MR) is 109 cm³/mol. The summed E-state index contributed by atoms with van der Waals surface area (Å²) >= 11 is 0. The van der Waals surface area contributed by atoms with Gasteiger partial charge in [-0.15, -0.1) is 0 Å². The van der Waals surface area contributed by atoms with Gasteiger partial charge in [-0.2, -0.15) is 0 Å². The average Bonchev–Trinajstić information content (AvgIpc) is 3.11. The predicted octanol–water partition coefficient (Wildman–Crippen LogP) is 2.57. The van der Waals surface area contributed by atoms with Crippen LogP contribution in [0.1, 0.15) is 48.9 Å². The second-order valence-corrected chi connectivity index (χ2v) is 8.04. The molecule has 0 radical (unpaired) electrons. The smallest absolute Gasteiger partial charge is 0.126 e. The molecule has 2 atom stereocenters. The second-order valence-electron chi connectivity index (χ2n) is 8.04. The van der Waals surface area contributed by atoms with Crippen LogP contribution in [-0.4, -0.2) is 42.1 Å². The topological polar surface area (TPSA) is 38.8 Å². The molecule has 0 aliphatic heterocycles. The van der Waals surface area contributed by atoms with Crippen molar-refractivity contribution in [1.29, 1.82) is 0 Å². The Labute approximate surface area is 163 Å². The van der Waals surface area contributed by atoms with Crippen LogP contribution < -0.4 is 4.90 Å². The number of nitrogens with one attached hydrogen (secondary N) is 1. The van der Waals surface area contributed by atoms with E-state index in [9.17, 15) is 5.11 Å². The molecule has 1 heterocycles. The number of aliphatic hydroxyl groups excluding tert-OH is 1. The van der Waals surface area contributed by atoms with Crippen molar-refractivity contribution in [3.63, 3.8) is 0 Å². The summed E-state index contributed by atoms with van der Waals surface area (Å²) < 4.78 is 7.54. The lowest BCUT2D eigenvalue weighted by molar-refractivity contribution is -0.943. The third kappa shape index (κ3) is 5.68. The van der Waals surface area contributed by atoms with Crippen molar-refractivity contribution < 1.29 is 14.7 Å². The highest BCUT2D eigenvalue weighted by Gasteiger charge is 2.27. The molecule has 1 aromatic heterocycles. The van der Waals surface area contributed by atoms with Gasteiger partial charge < -0.3 is 19.3 Å². The van der Waals surface area contributed by atoms with Gasteiger partial charge in [-0.1, -0.05) is 30.7 Å². The highest BCUT2D eigenvalue weighted by atomic mass is 16.5. The van der Waals surface area contributed by atoms with E-state index in [2.05, 4.69) is 54.1 Å². The molecule has 27 heavy (non-hydrogen) atoms. The number of hydrogen-bond donors (Lipinski definition) is 2. The zero-order valence-corrected chi connectivity index (χ0v) is 16.9. The summed E-state index contributed by atoms with van der Waals surface area (Å²) in [6, 6.07) is 13.6. The van der Waals surface area contributed by atoms with E-state index in [-0.39, 0.29) is 0 Å². The summed E-state index contributed by atoms with van der Waals surface area (Å²) in [4.78, 5) is 1.50. The van der Waals surface area contributed by atoms with Crippen molar-refractivity contribution in [2.75, 3.05) is 20.3 Å². The first-order chi connectivity index (χ1) is 13.2. The summed E-state index contributed by atoms with van der Waals surface area (Å²) in [6.07, 6.45) is 8.32. The zero-order chi connectivity index (χ0) is 19.1. The first-order valence-corrected chi connectivity index (χ1v) is 10.4. The molecule has 1 unspecified atom stereocenters. The van der Waals surface area contributed by atoms with Crippen LogP contribution >= 0.6 is 0 Å². The largest absolute Gasteiger partial charge is 0.385 e. The first-order valence-electron chi connectivity index (χ1n) is 10.4. The monoisotopic (exact) mass is 371 g/mol. The lowest BCUT2D eigenvalue weighted by atomic mass is 9.94. The number of hydrogen-bond acceptors (Lipinski definition) is 2. The van der Waals surface area contributed by atoms with Gasteiger partial charge in [0.2, 0.25) is 0 Å². The van der Waals surface area contributed by atoms with Gasteiger partial charge >= 0.3 is 0 Å². The average molecular weight is 372 g/mol. The first kappa shape index (κ1) is 20.1. The number of ether oxygens (including phenoxy) is 1. The Morgan fingerprint density at radius 2 is 1.93 bits per heavy atom. The molecular weight excluding hydrogens is 336 g/mol. The lowest BCUT2D eigenvalue weighted by Crippen LogP contribution is -3.15. The van der Waals surface area contributed by atoms with Gasteiger partial charge in [-0.05, 0) is 55.9 Å². The quantitative estimate of drug-likeness (QED) is 0.711. The SMILES string of the molecule is COC[C@@H](O)C[NH+](Cc1cccn1Cc1ccccc1C)C1CCCCC1. The van der Waals surface area contributed by atoms with Gasteiger partial charge in [0.15, 0.2) is 0 Å². The molecule has 0 amide bonds. The van der Waals surface area contributed by atoms with E-state index in [0.717, 1.165) is 19.6 Å². The van der Waals surface area contributed by atoms with Gasteiger partial charge in [0.25, 0.3) is 0 Å². The molecule has 0 bridgehead atoms. The molecule has 148 valence electrons. The highest BCUT2D eigenvalue weighted by molar-refractivity contribution is 5.26. The molecule has 0 spiro atoms. The number of aryl methyl sites for hydroxylation is 1. The number of benzene rings is 1. The van der Waals surface area contributed by atoms with E-state index >= 15 is 0 Å². The van der Waals surface area contributed by atoms with E-state index in [1.165, 1.54) is 53.8 Å². The van der Waals surface area contributed by atoms with Gasteiger partial charge in [-0.3, -0.25) is 0 Å². The fourth-order valence-corrected chi connectivity index (χ4v) is 4.42. The van der Waals surface area contributed by atoms with Gasteiger partial charge in [-0.25, -0.2) is 0 Å². The Kier molecular flexibility index (Phi) is 7.50. The summed E-state index contributed by atoms with van der Waals surface area (Å²) in [6.45, 7) is 5.23. The lowest BCUT2D eigenvalue weighted by Gasteiger charge is -2.33. The number of nitrogens with zero attached hydrogens (tertiary/aromatic N) is 1. The van der Waals surface area contributed by atoms with Crippen LogP contribution in [0.25, 0.3) is 0 Å². The molecule has 1 aliphatic carbocycles. The number of rotatable bonds is 9. The summed E-state index contributed by atoms with van der Waals surface area (Å²) in [7, 11) is 1.66. The van der Waals surface area contributed by atoms with Gasteiger partial charge in [0, 0.05) is 19.9 Å². The maximum Gasteiger partial charge on any atom is 0.126 e. The number of aromatic nitrogens is 1. The molecule has 3 rings (SSSR count). The summed E-state index contributed by atoms with van der Waals surface area (Å²) in [5, 5.41) is 10.4. The molecular formula is C23H35N2O2+. The van der Waals surface area contributed by atoms with Crippen molar-refractivity contribution in [1.82, 2.24) is 4.57 Å². The number of quaternary nitrogens is 1. The minimum atomic E-state index is -0.397. The Bertz CT molecular complexity index is 691. The van der Waals surface area contributed by atoms with E-state index in [0.29, 0.717) is 12.6 Å². The molecule has 1 aliphatic rings. The Morgan fingerprint density at radius 1 is 1.15 bits per heavy atom. The fraction of sp³-hybridized carbons (Fsp3) is 0.565. The minimum absolute atomic E-state index is 0.397. The van der Waals surface area contributed by atoms with Crippen molar-refractivity contribution in [2.24, 2.45) is 0 Å². The van der Waals surface area contributed by atoms with Crippen LogP contribution in [0.4, 0.5) is 0 Å². The van der Waals surface area contributed by atoms with Crippen LogP contribution in [0.15, 0.2) is 42.6 Å². The molecule has 1 fully saturated rings. The fourth-order valence-electron chi connectivity index (χ4n) is 4.42. The normalized spacial score (nSPS) is 17.7. The van der Waals surface area contributed by atoms with E-state index in [1.54, 1.807) is 7.11 Å². The maximum absolute atomic E-state index is 10.4. The molecule has 2 N–H and O–H groups in total. The third-order valence-corrected chi connectivity index (χ3v) is 5.97. The molecule has 4 nitrogen and oxygen atoms in total. The Balaban J connectivity index is 1.73. The minimum Gasteiger partial charge on any atom is -0.385 e. The summed E-state index contributed by atoms with van der Waals surface area (Å²) in [5.74, 6) is 0. The Hall–Kier alpha value is -1.62. The number of aliphatic hydroxyl groups is 1. The third-order valence-electron chi connectivity index (χ3n) is 5.97.